The van der Waals surface area contributed by atoms with E-state index in [0.717, 1.165) is 27.8 Å². The Bertz CT molecular complexity index is 801. The number of thiocarbonyl (C=S) groups is 1. The molecule has 0 spiro atoms. The Balaban J connectivity index is 2.22. The minimum absolute atomic E-state index is 0.117. The van der Waals surface area contributed by atoms with Crippen molar-refractivity contribution in [1.29, 1.82) is 0 Å². The van der Waals surface area contributed by atoms with Crippen molar-refractivity contribution in [3.63, 3.8) is 0 Å². The van der Waals surface area contributed by atoms with Gasteiger partial charge in [0.05, 0.1) is 4.91 Å². The number of hydrogen-bond acceptors (Lipinski definition) is 5. The van der Waals surface area contributed by atoms with Crippen LogP contribution in [0.1, 0.15) is 25.3 Å². The average Bonchev–Trinajstić information content (AvgIpc) is 2.83. The second-order valence-electron chi connectivity index (χ2n) is 5.64. The zero-order valence-corrected chi connectivity index (χ0v) is 15.5. The Morgan fingerprint density at radius 2 is 1.92 bits per heavy atom. The molecule has 0 saturated carbocycles. The van der Waals surface area contributed by atoms with Crippen LogP contribution in [-0.2, 0) is 14.4 Å². The van der Waals surface area contributed by atoms with Gasteiger partial charge >= 0.3 is 11.9 Å². The largest absolute Gasteiger partial charge is 0.481 e. The lowest BCUT2D eigenvalue weighted by Crippen LogP contribution is -2.44. The molecule has 1 saturated heterocycles. The van der Waals surface area contributed by atoms with Crippen molar-refractivity contribution < 1.29 is 24.6 Å². The van der Waals surface area contributed by atoms with Gasteiger partial charge in [0.1, 0.15) is 10.4 Å². The number of carbonyl (C=O) groups excluding carboxylic acids is 1. The molecule has 1 aromatic carbocycles. The lowest BCUT2D eigenvalue weighted by atomic mass is 10.1. The summed E-state index contributed by atoms with van der Waals surface area (Å²) < 4.78 is 0.117. The summed E-state index contributed by atoms with van der Waals surface area (Å²) in [6, 6.07) is 8.27. The molecule has 2 N–H and O–H groups in total. The predicted octanol–water partition coefficient (Wildman–Crippen LogP) is 3.15. The molecule has 0 radical (unpaired) electrons. The number of rotatable bonds is 7. The van der Waals surface area contributed by atoms with Gasteiger partial charge in [-0.15, -0.1) is 0 Å². The van der Waals surface area contributed by atoms with Crippen LogP contribution in [0.4, 0.5) is 0 Å². The highest BCUT2D eigenvalue weighted by Gasteiger charge is 2.40. The van der Waals surface area contributed by atoms with E-state index >= 15 is 0 Å². The van der Waals surface area contributed by atoms with Crippen LogP contribution in [0.2, 0.25) is 0 Å². The Morgan fingerprint density at radius 1 is 1.27 bits per heavy atom. The minimum atomic E-state index is -1.29. The lowest BCUT2D eigenvalue weighted by Gasteiger charge is -2.22. The molecule has 136 valence electrons. The number of aliphatic carboxylic acids is 2. The smallest absolute Gasteiger partial charge is 0.326 e. The Morgan fingerprint density at radius 3 is 2.50 bits per heavy atom. The highest BCUT2D eigenvalue weighted by molar-refractivity contribution is 8.26. The normalized spacial score (nSPS) is 17.7. The van der Waals surface area contributed by atoms with Crippen LogP contribution in [0, 0.1) is 0 Å². The standard InChI is InChI=1S/C18H17NO5S2/c1-11(9-12-5-3-2-4-6-12)10-14-16(22)19(18(25)26-14)13(17(23)24)7-8-15(20)21/h2-6,9-10,13H,7-8H2,1H3,(H,20,21)(H,23,24)/b11-9+,14-10-/t13-/m1/s1. The summed E-state index contributed by atoms with van der Waals surface area (Å²) in [7, 11) is 0. The molecule has 0 aliphatic carbocycles. The maximum Gasteiger partial charge on any atom is 0.326 e. The van der Waals surface area contributed by atoms with Gasteiger partial charge in [0, 0.05) is 6.42 Å². The first-order chi connectivity index (χ1) is 12.3. The van der Waals surface area contributed by atoms with E-state index in [1.165, 1.54) is 0 Å². The van der Waals surface area contributed by atoms with Crippen LogP contribution >= 0.6 is 24.0 Å². The maximum absolute atomic E-state index is 12.6. The van der Waals surface area contributed by atoms with E-state index in [-0.39, 0.29) is 17.2 Å². The first-order valence-electron chi connectivity index (χ1n) is 7.74. The number of carboxylic acid groups (broad SMARTS) is 2. The molecule has 1 aromatic rings. The van der Waals surface area contributed by atoms with E-state index in [1.54, 1.807) is 6.08 Å². The van der Waals surface area contributed by atoms with Crippen molar-refractivity contribution in [3.05, 3.63) is 52.4 Å². The molecule has 6 nitrogen and oxygen atoms in total. The summed E-state index contributed by atoms with van der Waals surface area (Å²) in [5.74, 6) is -2.92. The van der Waals surface area contributed by atoms with E-state index in [9.17, 15) is 19.5 Å². The van der Waals surface area contributed by atoms with Gasteiger partial charge in [-0.3, -0.25) is 14.5 Å². The second-order valence-corrected chi connectivity index (χ2v) is 7.31. The van der Waals surface area contributed by atoms with Gasteiger partial charge in [0.2, 0.25) is 0 Å². The van der Waals surface area contributed by atoms with Crippen molar-refractivity contribution >= 4 is 52.2 Å². The molecule has 0 bridgehead atoms. The van der Waals surface area contributed by atoms with Crippen LogP contribution in [0.5, 0.6) is 0 Å². The van der Waals surface area contributed by atoms with Crippen LogP contribution in [0.3, 0.4) is 0 Å². The van der Waals surface area contributed by atoms with Gasteiger partial charge in [-0.1, -0.05) is 60.4 Å². The fourth-order valence-corrected chi connectivity index (χ4v) is 3.84. The second kappa shape index (κ2) is 8.77. The first kappa shape index (κ1) is 19.9. The van der Waals surface area contributed by atoms with Crippen molar-refractivity contribution in [1.82, 2.24) is 4.90 Å². The van der Waals surface area contributed by atoms with E-state index in [2.05, 4.69) is 0 Å². The quantitative estimate of drug-likeness (QED) is 0.544. The molecule has 1 amide bonds. The maximum atomic E-state index is 12.6. The van der Waals surface area contributed by atoms with E-state index in [4.69, 9.17) is 17.3 Å². The lowest BCUT2D eigenvalue weighted by molar-refractivity contribution is -0.146. The number of amides is 1. The summed E-state index contributed by atoms with van der Waals surface area (Å²) in [5.41, 5.74) is 1.79. The first-order valence-corrected chi connectivity index (χ1v) is 8.97. The zero-order valence-electron chi connectivity index (χ0n) is 13.9. The summed E-state index contributed by atoms with van der Waals surface area (Å²) >= 11 is 6.17. The number of hydrogen-bond donors (Lipinski definition) is 2. The van der Waals surface area contributed by atoms with Crippen molar-refractivity contribution in [2.75, 3.05) is 0 Å². The molecule has 0 aromatic heterocycles. The van der Waals surface area contributed by atoms with Gasteiger partial charge in [-0.25, -0.2) is 4.79 Å². The van der Waals surface area contributed by atoms with Crippen LogP contribution < -0.4 is 0 Å². The average molecular weight is 391 g/mol. The molecule has 1 fully saturated rings. The van der Waals surface area contributed by atoms with Gasteiger partial charge < -0.3 is 10.2 Å². The molecular weight excluding hydrogens is 374 g/mol. The highest BCUT2D eigenvalue weighted by Crippen LogP contribution is 2.34. The van der Waals surface area contributed by atoms with Gasteiger partial charge in [-0.05, 0) is 30.6 Å². The topological polar surface area (TPSA) is 94.9 Å². The van der Waals surface area contributed by atoms with Crippen LogP contribution in [0.25, 0.3) is 6.08 Å². The molecule has 1 aliphatic rings. The number of benzene rings is 1. The van der Waals surface area contributed by atoms with E-state index < -0.39 is 23.9 Å². The number of nitrogens with zero attached hydrogens (tertiary/aromatic N) is 1. The molecule has 8 heteroatoms. The van der Waals surface area contributed by atoms with Gasteiger partial charge in [-0.2, -0.15) is 0 Å². The van der Waals surface area contributed by atoms with Crippen LogP contribution in [0.15, 0.2) is 46.9 Å². The number of carboxylic acids is 2. The molecule has 2 rings (SSSR count). The zero-order chi connectivity index (χ0) is 19.3. The molecule has 1 aliphatic heterocycles. The fourth-order valence-electron chi connectivity index (χ4n) is 2.43. The van der Waals surface area contributed by atoms with E-state index in [1.807, 2.05) is 43.3 Å². The van der Waals surface area contributed by atoms with Crippen LogP contribution in [-0.4, -0.2) is 43.3 Å². The highest BCUT2D eigenvalue weighted by atomic mass is 32.2. The van der Waals surface area contributed by atoms with Gasteiger partial charge in [0.25, 0.3) is 5.91 Å². The molecule has 26 heavy (non-hydrogen) atoms. The number of carbonyl (C=O) groups is 3. The van der Waals surface area contributed by atoms with Gasteiger partial charge in [0.15, 0.2) is 0 Å². The summed E-state index contributed by atoms with van der Waals surface area (Å²) in [6.07, 6.45) is 2.98. The number of thioether (sulfide) groups is 1. The van der Waals surface area contributed by atoms with Crippen molar-refractivity contribution in [3.8, 4) is 0 Å². The monoisotopic (exact) mass is 391 g/mol. The summed E-state index contributed by atoms with van der Waals surface area (Å²) in [6.45, 7) is 1.83. The summed E-state index contributed by atoms with van der Waals surface area (Å²) in [4.78, 5) is 36.1. The minimum Gasteiger partial charge on any atom is -0.481 e. The van der Waals surface area contributed by atoms with Crippen molar-refractivity contribution in [2.24, 2.45) is 0 Å². The molecular formula is C18H17NO5S2. The predicted molar refractivity (Wildman–Crippen MR) is 104 cm³/mol. The molecule has 0 unspecified atom stereocenters. The van der Waals surface area contributed by atoms with E-state index in [0.29, 0.717) is 4.91 Å². The third-order valence-corrected chi connectivity index (χ3v) is 4.93. The number of allylic oxidation sites excluding steroid dienone is 2. The Hall–Kier alpha value is -2.45. The SMILES string of the molecule is CC(/C=C1\SC(=S)N([C@H](CCC(=O)O)C(=O)O)C1=O)=C\c1ccccc1. The third kappa shape index (κ3) is 5.03. The Kier molecular flexibility index (Phi) is 6.70. The molecule has 1 heterocycles. The fraction of sp³-hybridized carbons (Fsp3) is 0.222. The summed E-state index contributed by atoms with van der Waals surface area (Å²) in [5, 5.41) is 18.1. The third-order valence-electron chi connectivity index (χ3n) is 3.60. The Labute approximate surface area is 160 Å². The van der Waals surface area contributed by atoms with Crippen molar-refractivity contribution in [2.45, 2.75) is 25.8 Å². The molecule has 1 atom stereocenters.